The molecule has 10 unspecified atom stereocenters. The van der Waals surface area contributed by atoms with Gasteiger partial charge in [-0.15, -0.1) is 46.4 Å². The first kappa shape index (κ1) is 119. The monoisotopic (exact) mass is 1820 g/mol. The number of amides is 3. The van der Waals surface area contributed by atoms with Crippen molar-refractivity contribution in [3.63, 3.8) is 0 Å². The molecule has 9 rings (SSSR count). The van der Waals surface area contributed by atoms with Crippen molar-refractivity contribution in [2.75, 3.05) is 63.5 Å². The molecule has 7 N–H and O–H groups in total. The standard InChI is InChI=1S/C15H19NO4.C14H17NO5.C12H13NO5.C12H20O4.C8H12O4.C6H10O2.C5H8O3.C4H8O.2CH2Cl2.CH2O3.2K.H/c1-3-19-13(17)15(2)9-12(15)16-14(18)20-10-11-7-5-4-6-8-11;1-2-19-12(16)14(18)8-11(14)15-13(17)20-9-10-6-4-3-5-7-10;14-10(15)12(17)6-9(12)13-11(16)18-7-8-4-2-1-3-5-8;1-6-15-10(14)12(5)7-8(12)9(13)16-11(2,3)4;1-3-12-7(11)8(2)4-5(8)6(9)10;1-4-8-6(7)5(2)3;1-3-8-5(7)4(2)6;1-2-4-5-3-1;2*2-1-3;2-1-4-3;;;/h4-8,12H,3,9-10H2,1-2H3,(H,16,18);3-7,11,18H,2,8-9H2,1H3,(H,15,17);1-5,9,17H,6-7H2,(H,13,16)(H,14,15);8H,6-7H2,1-5H3;5H,3-4H2,1-2H3,(H,9,10);2,4H2,1,3H3;3H2,1-2H3;1-4H2;2*1H2;1,3H;;;/q;;;;;;;;;;;2*+1;-1/p-1. The number of benzene rings is 3. The van der Waals surface area contributed by atoms with Gasteiger partial charge in [-0.1, -0.05) is 97.6 Å². The number of rotatable bonds is 25. The van der Waals surface area contributed by atoms with Crippen molar-refractivity contribution < 1.29 is 254 Å². The topological polar surface area (TPSA) is 490 Å². The van der Waals surface area contributed by atoms with Crippen LogP contribution in [0.4, 0.5) is 14.4 Å². The summed E-state index contributed by atoms with van der Waals surface area (Å²) in [5.41, 5.74) is -2.93. The summed E-state index contributed by atoms with van der Waals surface area (Å²) in [6.45, 7) is 31.2. The number of carbonyl (C=O) groups excluding carboxylic acids is 12. The predicted octanol–water partition coefficient (Wildman–Crippen LogP) is 3.77. The van der Waals surface area contributed by atoms with Gasteiger partial charge in [-0.05, 0) is 139 Å². The normalized spacial score (nSPS) is 21.5. The molecular formula is C79H113Cl4K2N3O31. The number of ether oxygens (including phenoxy) is 11. The fraction of sp³-hybridized carbons (Fsp3) is 0.570. The number of nitrogens with one attached hydrogen (secondary N) is 3. The molecule has 0 radical (unpaired) electrons. The van der Waals surface area contributed by atoms with E-state index in [4.69, 9.17) is 109 Å². The number of alkyl halides is 4. The van der Waals surface area contributed by atoms with Gasteiger partial charge in [-0.25, -0.2) is 33.6 Å². The van der Waals surface area contributed by atoms with Crippen molar-refractivity contribution in [2.24, 2.45) is 28.1 Å². The van der Waals surface area contributed by atoms with Crippen LogP contribution in [0.5, 0.6) is 0 Å². The summed E-state index contributed by atoms with van der Waals surface area (Å²) in [5, 5.41) is 52.8. The van der Waals surface area contributed by atoms with E-state index >= 15 is 0 Å². The first-order valence-electron chi connectivity index (χ1n) is 36.8. The Hall–Kier alpha value is -6.15. The average molecular weight is 1820 g/mol. The SMILES string of the molecule is C1CCOC1.C=C(C)C(=O)OCC.CCOC(=O)C(C)=O.CCOC(=O)C1(C)CC1C(=O)O.CCOC(=O)C1(C)CC1C(=O)OC(C)(C)C.CCOC(=O)C1(C)CC1NC(=O)OCc1ccccc1.CCOC(=O)C1(O)CC1NC(=O)OCc1ccccc1.ClCCl.ClCCl.O=C(NC1CC1(O)C(=O)O)OCc1ccccc1.O=CO[O-].[H-].[K+].[K+]. The third-order valence-electron chi connectivity index (χ3n) is 16.4. The second kappa shape index (κ2) is 63.7. The largest absolute Gasteiger partial charge is 1.00 e. The van der Waals surface area contributed by atoms with Gasteiger partial charge in [0.15, 0.2) is 11.2 Å². The first-order chi connectivity index (χ1) is 55.0. The maximum atomic E-state index is 11.7. The van der Waals surface area contributed by atoms with Crippen molar-refractivity contribution in [3.05, 3.63) is 120 Å². The zero-order valence-corrected chi connectivity index (χ0v) is 79.6. The van der Waals surface area contributed by atoms with E-state index in [9.17, 15) is 72.5 Å². The molecule has 1 heterocycles. The molecule has 3 amide bonds. The smallest absolute Gasteiger partial charge is 1.00 e. The molecule has 0 aromatic heterocycles. The summed E-state index contributed by atoms with van der Waals surface area (Å²) in [6.07, 6.45) is 2.32. The van der Waals surface area contributed by atoms with Crippen LogP contribution >= 0.6 is 46.4 Å². The predicted molar refractivity (Wildman–Crippen MR) is 423 cm³/mol. The van der Waals surface area contributed by atoms with Gasteiger partial charge in [-0.2, -0.15) is 0 Å². The molecule has 119 heavy (non-hydrogen) atoms. The van der Waals surface area contributed by atoms with Crippen LogP contribution in [0.15, 0.2) is 103 Å². The Morgan fingerprint density at radius 1 is 0.496 bits per heavy atom. The Bertz CT molecular complexity index is 3470. The van der Waals surface area contributed by atoms with E-state index in [1.165, 1.54) is 19.8 Å². The van der Waals surface area contributed by atoms with Crippen molar-refractivity contribution >= 4 is 131 Å². The molecule has 1 aliphatic heterocycles. The van der Waals surface area contributed by atoms with E-state index in [1.807, 2.05) is 99.6 Å². The Morgan fingerprint density at radius 3 is 1.08 bits per heavy atom. The van der Waals surface area contributed by atoms with Crippen LogP contribution in [0.1, 0.15) is 160 Å². The van der Waals surface area contributed by atoms with Gasteiger partial charge in [0.1, 0.15) is 25.4 Å². The summed E-state index contributed by atoms with van der Waals surface area (Å²) in [7, 11) is 0. The third kappa shape index (κ3) is 49.7. The quantitative estimate of drug-likeness (QED) is 0.00730. The van der Waals surface area contributed by atoms with Crippen molar-refractivity contribution in [1.82, 2.24) is 16.0 Å². The van der Waals surface area contributed by atoms with Crippen LogP contribution in [0.25, 0.3) is 0 Å². The number of carboxylic acid groups (broad SMARTS) is 2. The molecule has 0 spiro atoms. The number of carboxylic acids is 2. The molecular weight excluding hydrogens is 1710 g/mol. The number of carbonyl (C=O) groups is 14. The maximum absolute atomic E-state index is 11.7. The van der Waals surface area contributed by atoms with Gasteiger partial charge >= 0.3 is 175 Å². The van der Waals surface area contributed by atoms with Crippen molar-refractivity contribution in [3.8, 4) is 0 Å². The van der Waals surface area contributed by atoms with Crippen LogP contribution in [0.2, 0.25) is 0 Å². The summed E-state index contributed by atoms with van der Waals surface area (Å²) in [4.78, 5) is 155. The molecule has 3 aromatic carbocycles. The molecule has 10 atom stereocenters. The molecule has 660 valence electrons. The summed E-state index contributed by atoms with van der Waals surface area (Å²) in [5.74, 6) is -6.73. The van der Waals surface area contributed by atoms with E-state index < -0.39 is 105 Å². The van der Waals surface area contributed by atoms with Crippen LogP contribution in [0.3, 0.4) is 0 Å². The van der Waals surface area contributed by atoms with Gasteiger partial charge in [0.2, 0.25) is 5.78 Å². The first-order valence-corrected chi connectivity index (χ1v) is 38.9. The van der Waals surface area contributed by atoms with E-state index in [0.29, 0.717) is 51.3 Å². The molecule has 0 bridgehead atoms. The second-order valence-corrected chi connectivity index (χ2v) is 28.7. The molecule has 1 saturated heterocycles. The van der Waals surface area contributed by atoms with Gasteiger partial charge in [0.25, 0.3) is 6.47 Å². The van der Waals surface area contributed by atoms with Gasteiger partial charge in [0, 0.05) is 44.6 Å². The van der Waals surface area contributed by atoms with Crippen LogP contribution in [0, 0.1) is 28.1 Å². The van der Waals surface area contributed by atoms with Gasteiger partial charge in [0.05, 0.1) is 90.5 Å². The Balaban J connectivity index is -0.000000422. The van der Waals surface area contributed by atoms with Crippen LogP contribution in [-0.4, -0.2) is 203 Å². The number of esters is 7. The molecule has 34 nitrogen and oxygen atoms in total. The summed E-state index contributed by atoms with van der Waals surface area (Å²) >= 11 is 19.1. The minimum absolute atomic E-state index is 0. The summed E-state index contributed by atoms with van der Waals surface area (Å²) < 4.78 is 53.5. The Morgan fingerprint density at radius 2 is 0.807 bits per heavy atom. The van der Waals surface area contributed by atoms with E-state index in [2.05, 4.69) is 36.9 Å². The maximum Gasteiger partial charge on any atom is 1.00 e. The van der Waals surface area contributed by atoms with E-state index in [-0.39, 0.29) is 203 Å². The minimum Gasteiger partial charge on any atom is -1.00 e. The van der Waals surface area contributed by atoms with Gasteiger partial charge in [-0.3, -0.25) is 33.6 Å². The average Bonchev–Trinajstić information content (AvgIpc) is 1.64. The van der Waals surface area contributed by atoms with Gasteiger partial charge < -0.3 is 100 Å². The molecule has 5 saturated carbocycles. The zero-order valence-electron chi connectivity index (χ0n) is 71.3. The minimum atomic E-state index is -1.84. The van der Waals surface area contributed by atoms with E-state index in [1.54, 1.807) is 81.4 Å². The number of hydrogen-bond acceptors (Lipinski definition) is 29. The zero-order chi connectivity index (χ0) is 89.8. The molecule has 6 fully saturated rings. The molecule has 6 aliphatic rings. The molecule has 3 aromatic rings. The third-order valence-corrected chi connectivity index (χ3v) is 16.4. The van der Waals surface area contributed by atoms with E-state index in [0.717, 1.165) is 29.9 Å². The molecule has 40 heteroatoms. The fourth-order valence-corrected chi connectivity index (χ4v) is 9.23. The second-order valence-electron chi connectivity index (χ2n) is 27.1. The summed E-state index contributed by atoms with van der Waals surface area (Å²) in [6, 6.07) is 26.1. The fourth-order valence-electron chi connectivity index (χ4n) is 9.23. The number of aliphatic carboxylic acids is 2. The number of aliphatic hydroxyl groups is 2. The number of halogens is 4. The van der Waals surface area contributed by atoms with Crippen LogP contribution in [-0.2, 0) is 130 Å². The van der Waals surface area contributed by atoms with Crippen molar-refractivity contribution in [2.45, 2.75) is 197 Å². The number of alkyl carbamates (subject to hydrolysis) is 3. The number of Topliss-reactive ketones (excluding diaryl/α,β-unsaturated/α-hetero) is 1. The van der Waals surface area contributed by atoms with Crippen molar-refractivity contribution in [1.29, 1.82) is 0 Å². The Kier molecular flexibility index (Phi) is 63.8. The molecule has 5 aliphatic carbocycles. The number of ketones is 1. The van der Waals surface area contributed by atoms with Crippen LogP contribution < -0.4 is 124 Å². The number of hydrogen-bond donors (Lipinski definition) is 7. The Labute approximate surface area is 800 Å².